The minimum Gasteiger partial charge on any atom is -0.506 e. The second-order valence-corrected chi connectivity index (χ2v) is 23.5. The molecule has 0 aliphatic carbocycles. The first-order chi connectivity index (χ1) is 28.0. The molecule has 314 valence electrons. The van der Waals surface area contributed by atoms with Crippen molar-refractivity contribution in [2.75, 3.05) is 45.1 Å². The van der Waals surface area contributed by atoms with Crippen LogP contribution in [0.15, 0.2) is 113 Å². The van der Waals surface area contributed by atoms with E-state index in [1.165, 1.54) is 10.4 Å². The summed E-state index contributed by atoms with van der Waals surface area (Å²) in [6.45, 7) is 14.1. The van der Waals surface area contributed by atoms with E-state index in [9.17, 15) is 23.1 Å². The number of aromatic hydroxyl groups is 1. The zero-order valence-corrected chi connectivity index (χ0v) is 36.6. The number of aromatic amines is 1. The summed E-state index contributed by atoms with van der Waals surface area (Å²) < 4.78 is 41.2. The Labute approximate surface area is 348 Å². The largest absolute Gasteiger partial charge is 0.506 e. The van der Waals surface area contributed by atoms with Gasteiger partial charge in [0.2, 0.25) is 15.6 Å². The Morgan fingerprint density at radius 3 is 2.32 bits per heavy atom. The van der Waals surface area contributed by atoms with E-state index in [4.69, 9.17) is 9.16 Å². The lowest BCUT2D eigenvalue weighted by molar-refractivity contribution is 0.0581. The average molecular weight is 840 g/mol. The van der Waals surface area contributed by atoms with Crippen molar-refractivity contribution < 1.29 is 27.5 Å². The molecule has 2 heterocycles. The highest BCUT2D eigenvalue weighted by Crippen LogP contribution is 2.41. The minimum atomic E-state index is -3.72. The highest BCUT2D eigenvalue weighted by molar-refractivity contribution is 7.89. The molecule has 1 aliphatic heterocycles. The van der Waals surface area contributed by atoms with E-state index in [2.05, 4.69) is 54.4 Å². The molecular weight excluding hydrogens is 783 g/mol. The number of fused-ring (bicyclic) bond motifs is 1. The Morgan fingerprint density at radius 2 is 1.63 bits per heavy atom. The van der Waals surface area contributed by atoms with E-state index in [-0.39, 0.29) is 33.5 Å². The van der Waals surface area contributed by atoms with E-state index in [1.807, 2.05) is 72.8 Å². The number of rotatable bonds is 15. The number of amides is 1. The summed E-state index contributed by atoms with van der Waals surface area (Å²) in [5, 5.41) is 17.6. The zero-order chi connectivity index (χ0) is 42.4. The van der Waals surface area contributed by atoms with E-state index in [1.54, 1.807) is 31.3 Å². The van der Waals surface area contributed by atoms with Crippen LogP contribution in [0, 0.1) is 0 Å². The Morgan fingerprint density at radius 1 is 0.949 bits per heavy atom. The molecule has 0 saturated carbocycles. The average Bonchev–Trinajstić information content (AvgIpc) is 3.20. The van der Waals surface area contributed by atoms with Crippen LogP contribution in [0.1, 0.15) is 50.8 Å². The van der Waals surface area contributed by atoms with Gasteiger partial charge in [0, 0.05) is 63.3 Å². The van der Waals surface area contributed by atoms with E-state index in [0.717, 1.165) is 22.3 Å². The molecule has 0 bridgehead atoms. The molecule has 0 spiro atoms. The number of likely N-dealkylation sites (tertiary alicyclic amines) is 1. The first-order valence-corrected chi connectivity index (χ1v) is 24.5. The summed E-state index contributed by atoms with van der Waals surface area (Å²) in [6.07, 6.45) is 0.246. The number of aromatic nitrogens is 1. The number of pyridine rings is 1. The normalized spacial score (nSPS) is 15.0. The number of para-hydroxylation sites is 1. The molecule has 1 amide bonds. The lowest BCUT2D eigenvalue weighted by Gasteiger charge is -2.39. The predicted octanol–water partition coefficient (Wildman–Crippen LogP) is 8.09. The number of ether oxygens (including phenoxy) is 1. The molecule has 5 aromatic rings. The van der Waals surface area contributed by atoms with Crippen LogP contribution in [0.25, 0.3) is 22.0 Å². The first kappa shape index (κ1) is 43.7. The van der Waals surface area contributed by atoms with Gasteiger partial charge in [0.15, 0.2) is 8.32 Å². The van der Waals surface area contributed by atoms with Gasteiger partial charge in [-0.3, -0.25) is 10.1 Å². The molecule has 4 N–H and O–H groups in total. The highest BCUT2D eigenvalue weighted by Gasteiger charge is 2.40. The summed E-state index contributed by atoms with van der Waals surface area (Å²) >= 11 is 0. The van der Waals surface area contributed by atoms with E-state index < -0.39 is 24.4 Å². The van der Waals surface area contributed by atoms with Crippen molar-refractivity contribution in [1.29, 1.82) is 0 Å². The first-order valence-electron chi connectivity index (χ1n) is 20.1. The van der Waals surface area contributed by atoms with Crippen LogP contribution < -0.4 is 16.2 Å². The fourth-order valence-electron chi connectivity index (χ4n) is 7.00. The monoisotopic (exact) mass is 839 g/mol. The number of likely N-dealkylation sites (N-methyl/N-ethyl adjacent to an activating group) is 1. The van der Waals surface area contributed by atoms with E-state index >= 15 is 0 Å². The van der Waals surface area contributed by atoms with Crippen molar-refractivity contribution in [3.63, 3.8) is 0 Å². The molecule has 0 unspecified atom stereocenters. The Bertz CT molecular complexity index is 2380. The van der Waals surface area contributed by atoms with Crippen LogP contribution in [0.3, 0.4) is 0 Å². The fraction of sp³-hybridized carbons (Fsp3) is 0.378. The maximum Gasteiger partial charge on any atom is 0.411 e. The number of hydrogen-bond acceptors (Lipinski definition) is 9. The molecule has 1 fully saturated rings. The van der Waals surface area contributed by atoms with Gasteiger partial charge in [-0.05, 0) is 78.0 Å². The topological polar surface area (TPSA) is 153 Å². The van der Waals surface area contributed by atoms with Gasteiger partial charge in [-0.2, -0.15) is 4.31 Å². The maximum absolute atomic E-state index is 13.6. The lowest BCUT2D eigenvalue weighted by Crippen LogP contribution is -2.43. The van der Waals surface area contributed by atoms with Crippen LogP contribution >= 0.6 is 0 Å². The molecule has 4 aromatic carbocycles. The van der Waals surface area contributed by atoms with Gasteiger partial charge in [0.1, 0.15) is 11.9 Å². The SMILES string of the molecule is CN(CCN1CCC(OC(=O)Nc2ccccc2-c2ccccc2)CC1)S(=O)(=O)c1ccc(CNC[C@H](O[Si](C)(C)C(C)(C)C)c2ccc(O)c3[nH]c(=O)ccc23)cc1. The number of carbonyl (C=O) groups excluding carboxylic acids is 1. The third-order valence-electron chi connectivity index (χ3n) is 11.6. The summed E-state index contributed by atoms with van der Waals surface area (Å²) in [5.41, 5.74) is 4.46. The van der Waals surface area contributed by atoms with Crippen molar-refractivity contribution >= 4 is 41.0 Å². The Kier molecular flexibility index (Phi) is 13.8. The number of anilines is 1. The van der Waals surface area contributed by atoms with Crippen LogP contribution in [0.2, 0.25) is 18.1 Å². The third-order valence-corrected chi connectivity index (χ3v) is 17.9. The molecule has 1 saturated heterocycles. The second-order valence-electron chi connectivity index (χ2n) is 16.7. The van der Waals surface area contributed by atoms with Crippen molar-refractivity contribution in [3.8, 4) is 16.9 Å². The van der Waals surface area contributed by atoms with Gasteiger partial charge >= 0.3 is 6.09 Å². The van der Waals surface area contributed by atoms with Gasteiger partial charge in [0.25, 0.3) is 0 Å². The molecule has 59 heavy (non-hydrogen) atoms. The van der Waals surface area contributed by atoms with Crippen molar-refractivity contribution in [2.24, 2.45) is 0 Å². The smallest absolute Gasteiger partial charge is 0.411 e. The Hall–Kier alpha value is -4.83. The molecule has 0 radical (unpaired) electrons. The van der Waals surface area contributed by atoms with Crippen molar-refractivity contribution in [2.45, 2.75) is 75.4 Å². The Balaban J connectivity index is 0.989. The summed E-state index contributed by atoms with van der Waals surface area (Å²) in [5.74, 6) is -0.00318. The lowest BCUT2D eigenvalue weighted by atomic mass is 10.0. The van der Waals surface area contributed by atoms with Gasteiger partial charge in [-0.1, -0.05) is 87.5 Å². The molecule has 12 nitrogen and oxygen atoms in total. The second kappa shape index (κ2) is 18.6. The number of piperidine rings is 1. The van der Waals surface area contributed by atoms with Crippen LogP contribution in [0.4, 0.5) is 10.5 Å². The van der Waals surface area contributed by atoms with Gasteiger partial charge < -0.3 is 29.5 Å². The highest BCUT2D eigenvalue weighted by atomic mass is 32.2. The number of hydrogen-bond donors (Lipinski definition) is 4. The number of sulfonamides is 1. The van der Waals surface area contributed by atoms with Crippen molar-refractivity contribution in [1.82, 2.24) is 19.5 Å². The van der Waals surface area contributed by atoms with Crippen molar-refractivity contribution in [3.05, 3.63) is 125 Å². The summed E-state index contributed by atoms with van der Waals surface area (Å²) in [7, 11) is -4.37. The van der Waals surface area contributed by atoms with Crippen LogP contribution in [-0.2, 0) is 25.7 Å². The van der Waals surface area contributed by atoms with Crippen LogP contribution in [-0.4, -0.2) is 88.0 Å². The molecule has 14 heteroatoms. The number of nitrogens with one attached hydrogen (secondary N) is 3. The number of phenols is 1. The van der Waals surface area contributed by atoms with Gasteiger partial charge in [-0.15, -0.1) is 0 Å². The number of H-pyrrole nitrogens is 1. The van der Waals surface area contributed by atoms with Crippen LogP contribution in [0.5, 0.6) is 5.75 Å². The zero-order valence-electron chi connectivity index (χ0n) is 34.8. The van der Waals surface area contributed by atoms with E-state index in [0.29, 0.717) is 68.7 Å². The quantitative estimate of drug-likeness (QED) is 0.0767. The molecular formula is C45H57N5O7SSi. The third kappa shape index (κ3) is 10.9. The molecule has 6 rings (SSSR count). The summed E-state index contributed by atoms with van der Waals surface area (Å²) in [6, 6.07) is 31.0. The molecule has 1 aromatic heterocycles. The minimum absolute atomic E-state index is 0.00318. The predicted molar refractivity (Wildman–Crippen MR) is 237 cm³/mol. The number of benzene rings is 4. The molecule has 1 aliphatic rings. The maximum atomic E-state index is 13.6. The standard InChI is InChI=1S/C45H57N5O7SSi/c1-45(2,3)59(5,6)57-41(37-20-22-40(51)43-38(37)21-23-42(52)48-43)31-46-30-32-16-18-35(19-17-32)58(54,55)49(4)28-29-50-26-24-34(25-27-50)56-44(53)47-39-15-11-10-14-36(39)33-12-8-7-9-13-33/h7-23,34,41,46,51H,24-31H2,1-6H3,(H,47,53)(H,48,52)/t41-/m0/s1. The number of phenolic OH excluding ortho intramolecular Hbond substituents is 1. The molecule has 1 atom stereocenters. The van der Waals surface area contributed by atoms with Gasteiger partial charge in [-0.25, -0.2) is 13.2 Å². The summed E-state index contributed by atoms with van der Waals surface area (Å²) in [4.78, 5) is 30.1. The fourth-order valence-corrected chi connectivity index (χ4v) is 9.44. The number of carbonyl (C=O) groups is 1. The number of nitrogens with zero attached hydrogens (tertiary/aromatic N) is 2. The van der Waals surface area contributed by atoms with Gasteiger partial charge in [0.05, 0.1) is 22.2 Å².